The number of rotatable bonds is 2. The zero-order valence-electron chi connectivity index (χ0n) is 9.03. The fourth-order valence-corrected chi connectivity index (χ4v) is 2.98. The van der Waals surface area contributed by atoms with E-state index in [-0.39, 0.29) is 0 Å². The zero-order valence-corrected chi connectivity index (χ0v) is 9.85. The zero-order chi connectivity index (χ0) is 10.5. The maximum atomic E-state index is 5.16. The highest BCUT2D eigenvalue weighted by Crippen LogP contribution is 2.33. The molecule has 1 aliphatic heterocycles. The molecule has 1 atom stereocenters. The third kappa shape index (κ3) is 2.89. The van der Waals surface area contributed by atoms with Crippen molar-refractivity contribution in [3.05, 3.63) is 29.8 Å². The van der Waals surface area contributed by atoms with Crippen LogP contribution in [0.3, 0.4) is 0 Å². The van der Waals surface area contributed by atoms with E-state index in [4.69, 9.17) is 4.74 Å². The molecular formula is C12H17NOS. The molecule has 0 amide bonds. The highest BCUT2D eigenvalue weighted by atomic mass is 32.2. The third-order valence-electron chi connectivity index (χ3n) is 2.67. The van der Waals surface area contributed by atoms with Crippen LogP contribution in [0.2, 0.25) is 0 Å². The van der Waals surface area contributed by atoms with Crippen molar-refractivity contribution in [3.8, 4) is 5.75 Å². The summed E-state index contributed by atoms with van der Waals surface area (Å²) in [6.07, 6.45) is 1.22. The van der Waals surface area contributed by atoms with Gasteiger partial charge in [-0.25, -0.2) is 0 Å². The van der Waals surface area contributed by atoms with Crippen molar-refractivity contribution in [2.24, 2.45) is 0 Å². The Bertz CT molecular complexity index is 291. The van der Waals surface area contributed by atoms with E-state index in [0.29, 0.717) is 5.25 Å². The van der Waals surface area contributed by atoms with Crippen LogP contribution in [-0.4, -0.2) is 26.0 Å². The van der Waals surface area contributed by atoms with Crippen molar-refractivity contribution < 1.29 is 4.74 Å². The molecule has 3 heteroatoms. The molecule has 1 aromatic rings. The van der Waals surface area contributed by atoms with Crippen LogP contribution < -0.4 is 10.1 Å². The lowest BCUT2D eigenvalue weighted by Gasteiger charge is -2.13. The molecule has 0 radical (unpaired) electrons. The average molecular weight is 223 g/mol. The van der Waals surface area contributed by atoms with E-state index in [1.807, 2.05) is 23.9 Å². The highest BCUT2D eigenvalue weighted by Gasteiger charge is 2.14. The molecule has 1 aromatic carbocycles. The van der Waals surface area contributed by atoms with Gasteiger partial charge in [0.2, 0.25) is 0 Å². The number of nitrogens with one attached hydrogen (secondary N) is 1. The molecule has 1 N–H and O–H groups in total. The fraction of sp³-hybridized carbons (Fsp3) is 0.500. The maximum absolute atomic E-state index is 5.16. The Morgan fingerprint density at radius 2 is 2.07 bits per heavy atom. The van der Waals surface area contributed by atoms with E-state index in [2.05, 4.69) is 17.4 Å². The van der Waals surface area contributed by atoms with E-state index in [1.165, 1.54) is 17.7 Å². The molecule has 82 valence electrons. The van der Waals surface area contributed by atoms with Gasteiger partial charge < -0.3 is 10.1 Å². The molecule has 1 heterocycles. The molecule has 0 unspecified atom stereocenters. The van der Waals surface area contributed by atoms with Gasteiger partial charge in [0, 0.05) is 17.5 Å². The van der Waals surface area contributed by atoms with Gasteiger partial charge in [0.05, 0.1) is 7.11 Å². The summed E-state index contributed by atoms with van der Waals surface area (Å²) in [6.45, 7) is 2.26. The van der Waals surface area contributed by atoms with Crippen molar-refractivity contribution in [2.45, 2.75) is 11.7 Å². The molecule has 0 aromatic heterocycles. The van der Waals surface area contributed by atoms with Gasteiger partial charge in [-0.2, -0.15) is 11.8 Å². The molecule has 0 saturated carbocycles. The number of methoxy groups -OCH3 is 1. The minimum Gasteiger partial charge on any atom is -0.497 e. The molecular weight excluding hydrogens is 206 g/mol. The Labute approximate surface area is 95.4 Å². The maximum Gasteiger partial charge on any atom is 0.118 e. The number of thioether (sulfide) groups is 1. The van der Waals surface area contributed by atoms with Crippen LogP contribution in [-0.2, 0) is 0 Å². The van der Waals surface area contributed by atoms with Crippen LogP contribution in [0.1, 0.15) is 17.2 Å². The molecule has 1 fully saturated rings. The lowest BCUT2D eigenvalue weighted by molar-refractivity contribution is 0.414. The summed E-state index contributed by atoms with van der Waals surface area (Å²) in [4.78, 5) is 0. The molecule has 2 nitrogen and oxygen atoms in total. The van der Waals surface area contributed by atoms with Crippen LogP contribution in [0.4, 0.5) is 0 Å². The lowest BCUT2D eigenvalue weighted by Crippen LogP contribution is -2.15. The highest BCUT2D eigenvalue weighted by molar-refractivity contribution is 7.99. The van der Waals surface area contributed by atoms with Crippen molar-refractivity contribution in [3.63, 3.8) is 0 Å². The summed E-state index contributed by atoms with van der Waals surface area (Å²) in [5.41, 5.74) is 1.42. The van der Waals surface area contributed by atoms with E-state index in [9.17, 15) is 0 Å². The standard InChI is InChI=1S/C12H17NOS/c1-14-11-4-2-10(3-5-11)12-6-7-13-8-9-15-12/h2-5,12-13H,6-9H2,1H3/t12-/m0/s1. The molecule has 1 saturated heterocycles. The second-order valence-corrected chi connectivity index (χ2v) is 4.98. The van der Waals surface area contributed by atoms with E-state index in [0.717, 1.165) is 18.8 Å². The molecule has 2 rings (SSSR count). The summed E-state index contributed by atoms with van der Waals surface area (Å²) < 4.78 is 5.16. The second-order valence-electron chi connectivity index (χ2n) is 3.67. The average Bonchev–Trinajstić information content (AvgIpc) is 2.58. The smallest absolute Gasteiger partial charge is 0.118 e. The molecule has 15 heavy (non-hydrogen) atoms. The summed E-state index contributed by atoms with van der Waals surface area (Å²) in [7, 11) is 1.71. The van der Waals surface area contributed by atoms with E-state index >= 15 is 0 Å². The number of ether oxygens (including phenoxy) is 1. The topological polar surface area (TPSA) is 21.3 Å². The Balaban J connectivity index is 2.06. The number of hydrogen-bond acceptors (Lipinski definition) is 3. The molecule has 0 bridgehead atoms. The predicted octanol–water partition coefficient (Wildman–Crippen LogP) is 2.46. The van der Waals surface area contributed by atoms with Crippen molar-refractivity contribution >= 4 is 11.8 Å². The van der Waals surface area contributed by atoms with Crippen molar-refractivity contribution in [2.75, 3.05) is 26.0 Å². The van der Waals surface area contributed by atoms with Crippen LogP contribution >= 0.6 is 11.8 Å². The molecule has 0 spiro atoms. The number of benzene rings is 1. The van der Waals surface area contributed by atoms with Crippen LogP contribution in [0.25, 0.3) is 0 Å². The van der Waals surface area contributed by atoms with Gasteiger partial charge in [-0.15, -0.1) is 0 Å². The first-order valence-corrected chi connectivity index (χ1v) is 6.41. The quantitative estimate of drug-likeness (QED) is 0.832. The number of hydrogen-bond donors (Lipinski definition) is 1. The fourth-order valence-electron chi connectivity index (χ4n) is 1.80. The Morgan fingerprint density at radius 3 is 2.80 bits per heavy atom. The van der Waals surface area contributed by atoms with Gasteiger partial charge in [0.1, 0.15) is 5.75 Å². The van der Waals surface area contributed by atoms with Gasteiger partial charge in [-0.3, -0.25) is 0 Å². The minimum absolute atomic E-state index is 0.644. The van der Waals surface area contributed by atoms with E-state index < -0.39 is 0 Å². The van der Waals surface area contributed by atoms with Gasteiger partial charge in [-0.05, 0) is 30.7 Å². The minimum atomic E-state index is 0.644. The summed E-state index contributed by atoms with van der Waals surface area (Å²) in [6, 6.07) is 8.46. The first kappa shape index (κ1) is 10.8. The Hall–Kier alpha value is -0.670. The van der Waals surface area contributed by atoms with Gasteiger partial charge in [0.25, 0.3) is 0 Å². The van der Waals surface area contributed by atoms with Gasteiger partial charge in [-0.1, -0.05) is 12.1 Å². The van der Waals surface area contributed by atoms with Gasteiger partial charge in [0.15, 0.2) is 0 Å². The SMILES string of the molecule is COc1ccc([C@@H]2CCNCCS2)cc1. The van der Waals surface area contributed by atoms with Crippen molar-refractivity contribution in [1.29, 1.82) is 0 Å². The molecule has 0 aliphatic carbocycles. The van der Waals surface area contributed by atoms with Gasteiger partial charge >= 0.3 is 0 Å². The Kier molecular flexibility index (Phi) is 3.92. The normalized spacial score (nSPS) is 22.1. The second kappa shape index (κ2) is 5.42. The predicted molar refractivity (Wildman–Crippen MR) is 65.7 cm³/mol. The largest absolute Gasteiger partial charge is 0.497 e. The van der Waals surface area contributed by atoms with Crippen LogP contribution in [0.5, 0.6) is 5.75 Å². The Morgan fingerprint density at radius 1 is 1.27 bits per heavy atom. The summed E-state index contributed by atoms with van der Waals surface area (Å²) in [5, 5.41) is 4.07. The lowest BCUT2D eigenvalue weighted by atomic mass is 10.1. The van der Waals surface area contributed by atoms with Crippen LogP contribution in [0.15, 0.2) is 24.3 Å². The first-order chi connectivity index (χ1) is 7.40. The molecule has 1 aliphatic rings. The monoisotopic (exact) mass is 223 g/mol. The van der Waals surface area contributed by atoms with Crippen LogP contribution in [0, 0.1) is 0 Å². The van der Waals surface area contributed by atoms with E-state index in [1.54, 1.807) is 7.11 Å². The third-order valence-corrected chi connectivity index (χ3v) is 4.02. The summed E-state index contributed by atoms with van der Waals surface area (Å²) >= 11 is 2.05. The summed E-state index contributed by atoms with van der Waals surface area (Å²) in [5.74, 6) is 2.15. The van der Waals surface area contributed by atoms with Crippen molar-refractivity contribution in [1.82, 2.24) is 5.32 Å². The first-order valence-electron chi connectivity index (χ1n) is 5.36.